The van der Waals surface area contributed by atoms with Gasteiger partial charge in [-0.1, -0.05) is 12.1 Å². The van der Waals surface area contributed by atoms with Crippen molar-refractivity contribution in [2.24, 2.45) is 0 Å². The minimum atomic E-state index is -0.707. The molecule has 8 nitrogen and oxygen atoms in total. The van der Waals surface area contributed by atoms with Crippen molar-refractivity contribution in [2.75, 3.05) is 38.3 Å². The SMILES string of the molecule is COC(=O)c1ccc(C(=O)N2CCOCC2)cc1N1C(=O)c2ccccc2C1=O. The molecule has 2 aliphatic heterocycles. The summed E-state index contributed by atoms with van der Waals surface area (Å²) in [5, 5.41) is 0. The van der Waals surface area contributed by atoms with Gasteiger partial charge in [0, 0.05) is 18.7 Å². The molecular formula is C21H18N2O6. The van der Waals surface area contributed by atoms with Gasteiger partial charge in [0.05, 0.1) is 42.7 Å². The summed E-state index contributed by atoms with van der Waals surface area (Å²) in [6.45, 7) is 1.77. The van der Waals surface area contributed by atoms with Gasteiger partial charge < -0.3 is 14.4 Å². The molecule has 148 valence electrons. The highest BCUT2D eigenvalue weighted by Crippen LogP contribution is 2.32. The Morgan fingerprint density at radius 2 is 1.59 bits per heavy atom. The van der Waals surface area contributed by atoms with Crippen LogP contribution >= 0.6 is 0 Å². The fraction of sp³-hybridized carbons (Fsp3) is 0.238. The Hall–Kier alpha value is -3.52. The fourth-order valence-electron chi connectivity index (χ4n) is 3.49. The van der Waals surface area contributed by atoms with E-state index in [4.69, 9.17) is 9.47 Å². The maximum atomic E-state index is 12.9. The lowest BCUT2D eigenvalue weighted by molar-refractivity contribution is 0.0302. The molecule has 2 heterocycles. The molecule has 0 spiro atoms. The lowest BCUT2D eigenvalue weighted by Crippen LogP contribution is -2.40. The van der Waals surface area contributed by atoms with Crippen molar-refractivity contribution < 1.29 is 28.7 Å². The van der Waals surface area contributed by atoms with E-state index in [9.17, 15) is 19.2 Å². The summed E-state index contributed by atoms with van der Waals surface area (Å²) in [6.07, 6.45) is 0. The first-order valence-corrected chi connectivity index (χ1v) is 9.10. The predicted molar refractivity (Wildman–Crippen MR) is 102 cm³/mol. The summed E-state index contributed by atoms with van der Waals surface area (Å²) in [4.78, 5) is 53.5. The summed E-state index contributed by atoms with van der Waals surface area (Å²) in [6, 6.07) is 10.7. The van der Waals surface area contributed by atoms with Gasteiger partial charge in [-0.3, -0.25) is 14.4 Å². The Labute approximate surface area is 166 Å². The molecule has 29 heavy (non-hydrogen) atoms. The van der Waals surface area contributed by atoms with Crippen LogP contribution in [-0.2, 0) is 9.47 Å². The van der Waals surface area contributed by atoms with Gasteiger partial charge in [0.25, 0.3) is 17.7 Å². The Morgan fingerprint density at radius 3 is 2.17 bits per heavy atom. The highest BCUT2D eigenvalue weighted by atomic mass is 16.5. The topological polar surface area (TPSA) is 93.2 Å². The molecule has 2 aliphatic rings. The average molecular weight is 394 g/mol. The van der Waals surface area contributed by atoms with Gasteiger partial charge in [-0.05, 0) is 30.3 Å². The van der Waals surface area contributed by atoms with Crippen LogP contribution in [0, 0.1) is 0 Å². The molecule has 1 fully saturated rings. The van der Waals surface area contributed by atoms with Gasteiger partial charge in [0.15, 0.2) is 0 Å². The number of imide groups is 1. The van der Waals surface area contributed by atoms with Crippen LogP contribution in [0.25, 0.3) is 0 Å². The van der Waals surface area contributed by atoms with E-state index in [2.05, 4.69) is 0 Å². The number of fused-ring (bicyclic) bond motifs is 1. The maximum Gasteiger partial charge on any atom is 0.339 e. The second kappa shape index (κ2) is 7.48. The molecule has 2 aromatic rings. The average Bonchev–Trinajstić information content (AvgIpc) is 3.03. The fourth-order valence-corrected chi connectivity index (χ4v) is 3.49. The molecule has 2 aromatic carbocycles. The molecule has 1 saturated heterocycles. The quantitative estimate of drug-likeness (QED) is 0.582. The third-order valence-corrected chi connectivity index (χ3v) is 4.98. The summed E-state index contributed by atoms with van der Waals surface area (Å²) in [5.74, 6) is -2.07. The first kappa shape index (κ1) is 18.8. The van der Waals surface area contributed by atoms with Crippen molar-refractivity contribution in [3.05, 3.63) is 64.7 Å². The lowest BCUT2D eigenvalue weighted by atomic mass is 10.1. The van der Waals surface area contributed by atoms with Crippen molar-refractivity contribution in [1.29, 1.82) is 0 Å². The monoisotopic (exact) mass is 394 g/mol. The third-order valence-electron chi connectivity index (χ3n) is 4.98. The van der Waals surface area contributed by atoms with E-state index in [1.807, 2.05) is 0 Å². The van der Waals surface area contributed by atoms with E-state index in [-0.39, 0.29) is 33.8 Å². The van der Waals surface area contributed by atoms with Crippen molar-refractivity contribution >= 4 is 29.4 Å². The minimum Gasteiger partial charge on any atom is -0.465 e. The number of esters is 1. The Balaban J connectivity index is 1.78. The summed E-state index contributed by atoms with van der Waals surface area (Å²) in [7, 11) is 1.21. The number of benzene rings is 2. The van der Waals surface area contributed by atoms with Crippen molar-refractivity contribution in [2.45, 2.75) is 0 Å². The van der Waals surface area contributed by atoms with Crippen LogP contribution in [0.3, 0.4) is 0 Å². The number of anilines is 1. The summed E-state index contributed by atoms with van der Waals surface area (Å²) in [5.41, 5.74) is 0.824. The maximum absolute atomic E-state index is 12.9. The van der Waals surface area contributed by atoms with Crippen LogP contribution in [0.4, 0.5) is 5.69 Å². The number of carbonyl (C=O) groups is 4. The molecular weight excluding hydrogens is 376 g/mol. The zero-order chi connectivity index (χ0) is 20.5. The first-order chi connectivity index (χ1) is 14.0. The second-order valence-corrected chi connectivity index (χ2v) is 6.62. The molecule has 0 atom stereocenters. The first-order valence-electron chi connectivity index (χ1n) is 9.10. The predicted octanol–water partition coefficient (Wildman–Crippen LogP) is 1.75. The lowest BCUT2D eigenvalue weighted by Gasteiger charge is -2.27. The molecule has 0 unspecified atom stereocenters. The molecule has 3 amide bonds. The Kier molecular flexibility index (Phi) is 4.85. The molecule has 0 bridgehead atoms. The van der Waals surface area contributed by atoms with Crippen LogP contribution in [-0.4, -0.2) is 62.0 Å². The van der Waals surface area contributed by atoms with E-state index in [1.165, 1.54) is 25.3 Å². The van der Waals surface area contributed by atoms with Crippen LogP contribution in [0.2, 0.25) is 0 Å². The zero-order valence-corrected chi connectivity index (χ0v) is 15.7. The van der Waals surface area contributed by atoms with Crippen LogP contribution in [0.5, 0.6) is 0 Å². The van der Waals surface area contributed by atoms with Crippen molar-refractivity contribution in [3.63, 3.8) is 0 Å². The number of carbonyl (C=O) groups excluding carboxylic acids is 4. The minimum absolute atomic E-state index is 0.0283. The van der Waals surface area contributed by atoms with Gasteiger partial charge in [-0.2, -0.15) is 0 Å². The number of rotatable bonds is 3. The van der Waals surface area contributed by atoms with E-state index in [1.54, 1.807) is 29.2 Å². The number of morpholine rings is 1. The van der Waals surface area contributed by atoms with Crippen molar-refractivity contribution in [1.82, 2.24) is 4.90 Å². The van der Waals surface area contributed by atoms with E-state index >= 15 is 0 Å². The molecule has 0 aliphatic carbocycles. The van der Waals surface area contributed by atoms with Crippen molar-refractivity contribution in [3.8, 4) is 0 Å². The van der Waals surface area contributed by atoms with E-state index in [0.717, 1.165) is 4.90 Å². The van der Waals surface area contributed by atoms with Gasteiger partial charge in [-0.15, -0.1) is 0 Å². The third kappa shape index (κ3) is 3.17. The number of hydrogen-bond acceptors (Lipinski definition) is 6. The highest BCUT2D eigenvalue weighted by molar-refractivity contribution is 6.35. The summed E-state index contributed by atoms with van der Waals surface area (Å²) < 4.78 is 10.1. The van der Waals surface area contributed by atoms with Crippen LogP contribution < -0.4 is 4.90 Å². The smallest absolute Gasteiger partial charge is 0.339 e. The molecule has 0 aromatic heterocycles. The number of nitrogens with zero attached hydrogens (tertiary/aromatic N) is 2. The second-order valence-electron chi connectivity index (χ2n) is 6.62. The Bertz CT molecular complexity index is 991. The number of methoxy groups -OCH3 is 1. The normalized spacial score (nSPS) is 16.0. The van der Waals surface area contributed by atoms with Gasteiger partial charge in [0.1, 0.15) is 0 Å². The van der Waals surface area contributed by atoms with Gasteiger partial charge in [-0.25, -0.2) is 9.69 Å². The molecule has 0 saturated carbocycles. The van der Waals surface area contributed by atoms with Gasteiger partial charge in [0.2, 0.25) is 0 Å². The van der Waals surface area contributed by atoms with E-state index in [0.29, 0.717) is 26.3 Å². The van der Waals surface area contributed by atoms with Gasteiger partial charge >= 0.3 is 5.97 Å². The molecule has 0 N–H and O–H groups in total. The summed E-state index contributed by atoms with van der Waals surface area (Å²) >= 11 is 0. The largest absolute Gasteiger partial charge is 0.465 e. The number of ether oxygens (including phenoxy) is 2. The van der Waals surface area contributed by atoms with E-state index < -0.39 is 17.8 Å². The number of amides is 3. The molecule has 0 radical (unpaired) electrons. The molecule has 4 rings (SSSR count). The highest BCUT2D eigenvalue weighted by Gasteiger charge is 2.38. The molecule has 8 heteroatoms. The Morgan fingerprint density at radius 1 is 0.966 bits per heavy atom. The zero-order valence-electron chi connectivity index (χ0n) is 15.7. The van der Waals surface area contributed by atoms with Crippen LogP contribution in [0.1, 0.15) is 41.4 Å². The standard InChI is InChI=1S/C21H18N2O6/c1-28-21(27)16-7-6-13(18(24)22-8-10-29-11-9-22)12-17(16)23-19(25)14-4-2-3-5-15(14)20(23)26/h2-7,12H,8-11H2,1H3. The van der Waals surface area contributed by atoms with Crippen LogP contribution in [0.15, 0.2) is 42.5 Å². The number of hydrogen-bond donors (Lipinski definition) is 0.